The average molecular weight is 290 g/mol. The lowest BCUT2D eigenvalue weighted by atomic mass is 10.2. The normalized spacial score (nSPS) is 12.2. The Morgan fingerprint density at radius 2 is 2.31 bits per heavy atom. The van der Waals surface area contributed by atoms with Crippen molar-refractivity contribution in [3.05, 3.63) is 21.9 Å². The Labute approximate surface area is 91.1 Å². The fourth-order valence-electron chi connectivity index (χ4n) is 0.785. The lowest BCUT2D eigenvalue weighted by Crippen LogP contribution is -2.23. The third-order valence-electron chi connectivity index (χ3n) is 1.70. The summed E-state index contributed by atoms with van der Waals surface area (Å²) in [6.07, 6.45) is 1.76. The van der Waals surface area contributed by atoms with E-state index in [0.29, 0.717) is 0 Å². The summed E-state index contributed by atoms with van der Waals surface area (Å²) in [5.74, 6) is 0.850. The van der Waals surface area contributed by atoms with Crippen molar-refractivity contribution in [3.8, 4) is 0 Å². The van der Waals surface area contributed by atoms with Crippen molar-refractivity contribution < 1.29 is 4.79 Å². The number of nitrogens with one attached hydrogen (secondary N) is 1. The molecule has 1 rings (SSSR count). The van der Waals surface area contributed by atoms with Crippen molar-refractivity contribution in [1.29, 1.82) is 0 Å². The molecule has 0 saturated heterocycles. The van der Waals surface area contributed by atoms with Gasteiger partial charge in [0.05, 0.1) is 6.04 Å². The van der Waals surface area contributed by atoms with Gasteiger partial charge in [-0.25, -0.2) is 4.98 Å². The highest BCUT2D eigenvalue weighted by atomic mass is 127. The van der Waals surface area contributed by atoms with E-state index in [4.69, 9.17) is 0 Å². The summed E-state index contributed by atoms with van der Waals surface area (Å²) in [6.45, 7) is 3.38. The first-order valence-electron chi connectivity index (χ1n) is 3.98. The highest BCUT2D eigenvalue weighted by molar-refractivity contribution is 14.1. The van der Waals surface area contributed by atoms with E-state index in [9.17, 15) is 4.79 Å². The van der Waals surface area contributed by atoms with Gasteiger partial charge in [0.2, 0.25) is 0 Å². The molecule has 0 saturated carbocycles. The van der Waals surface area contributed by atoms with Gasteiger partial charge in [0.1, 0.15) is 5.82 Å². The predicted molar refractivity (Wildman–Crippen MR) is 60.7 cm³/mol. The molecule has 0 radical (unpaired) electrons. The first-order valence-corrected chi connectivity index (χ1v) is 5.06. The van der Waals surface area contributed by atoms with Crippen LogP contribution in [0.3, 0.4) is 0 Å². The molecular formula is C9H11IN2O. The molecule has 0 fully saturated rings. The number of carbonyl (C=O) groups excluding carboxylic acids is 1. The Hall–Kier alpha value is -0.650. The topological polar surface area (TPSA) is 42.0 Å². The number of nitrogens with zero attached hydrogens (tertiary/aromatic N) is 1. The molecule has 70 valence electrons. The summed E-state index contributed by atoms with van der Waals surface area (Å²) in [5, 5.41) is 3.00. The van der Waals surface area contributed by atoms with Crippen LogP contribution >= 0.6 is 22.6 Å². The maximum Gasteiger partial charge on any atom is 0.151 e. The minimum Gasteiger partial charge on any atom is -0.361 e. The zero-order valence-electron chi connectivity index (χ0n) is 7.54. The van der Waals surface area contributed by atoms with Gasteiger partial charge in [-0.15, -0.1) is 0 Å². The smallest absolute Gasteiger partial charge is 0.151 e. The van der Waals surface area contributed by atoms with Crippen molar-refractivity contribution in [1.82, 2.24) is 4.98 Å². The second kappa shape index (κ2) is 4.55. The molecule has 0 aliphatic rings. The van der Waals surface area contributed by atoms with E-state index in [1.807, 2.05) is 19.1 Å². The van der Waals surface area contributed by atoms with Gasteiger partial charge in [-0.1, -0.05) is 0 Å². The SMILES string of the molecule is CC(=O)C(C)Nc1ccc(I)cn1. The van der Waals surface area contributed by atoms with Gasteiger partial charge in [0, 0.05) is 9.77 Å². The van der Waals surface area contributed by atoms with Gasteiger partial charge >= 0.3 is 0 Å². The molecule has 0 bridgehead atoms. The first-order chi connectivity index (χ1) is 6.09. The van der Waals surface area contributed by atoms with Crippen LogP contribution in [0, 0.1) is 3.57 Å². The summed E-state index contributed by atoms with van der Waals surface area (Å²) in [7, 11) is 0. The second-order valence-electron chi connectivity index (χ2n) is 2.84. The van der Waals surface area contributed by atoms with Crippen LogP contribution in [0.25, 0.3) is 0 Å². The quantitative estimate of drug-likeness (QED) is 0.867. The van der Waals surface area contributed by atoms with Gasteiger partial charge < -0.3 is 5.32 Å². The minimum atomic E-state index is -0.174. The zero-order chi connectivity index (χ0) is 9.84. The molecule has 1 unspecified atom stereocenters. The van der Waals surface area contributed by atoms with E-state index in [0.717, 1.165) is 9.39 Å². The van der Waals surface area contributed by atoms with E-state index in [1.165, 1.54) is 0 Å². The largest absolute Gasteiger partial charge is 0.361 e. The molecule has 4 heteroatoms. The number of aromatic nitrogens is 1. The number of hydrogen-bond donors (Lipinski definition) is 1. The molecule has 1 atom stereocenters. The molecule has 0 spiro atoms. The molecule has 0 aromatic carbocycles. The number of pyridine rings is 1. The summed E-state index contributed by atoms with van der Waals surface area (Å²) in [5.41, 5.74) is 0. The van der Waals surface area contributed by atoms with Gasteiger partial charge in [-0.3, -0.25) is 4.79 Å². The van der Waals surface area contributed by atoms with Crippen molar-refractivity contribution in [3.63, 3.8) is 0 Å². The summed E-state index contributed by atoms with van der Waals surface area (Å²) >= 11 is 2.19. The standard InChI is InChI=1S/C9H11IN2O/c1-6(7(2)13)12-9-4-3-8(10)5-11-9/h3-6H,1-2H3,(H,11,12). The molecule has 0 aliphatic heterocycles. The molecular weight excluding hydrogens is 279 g/mol. The molecule has 0 aliphatic carbocycles. The monoisotopic (exact) mass is 290 g/mol. The summed E-state index contributed by atoms with van der Waals surface area (Å²) in [4.78, 5) is 15.1. The Morgan fingerprint density at radius 1 is 1.62 bits per heavy atom. The Balaban J connectivity index is 2.64. The second-order valence-corrected chi connectivity index (χ2v) is 4.08. The van der Waals surface area contributed by atoms with Gasteiger partial charge in [0.15, 0.2) is 5.78 Å². The maximum absolute atomic E-state index is 10.9. The third-order valence-corrected chi connectivity index (χ3v) is 2.34. The Bertz CT molecular complexity index is 297. The van der Waals surface area contributed by atoms with Crippen LogP contribution in [0.1, 0.15) is 13.8 Å². The van der Waals surface area contributed by atoms with Crippen LogP contribution in [-0.4, -0.2) is 16.8 Å². The summed E-state index contributed by atoms with van der Waals surface area (Å²) < 4.78 is 1.08. The van der Waals surface area contributed by atoms with Gasteiger partial charge in [-0.2, -0.15) is 0 Å². The van der Waals surface area contributed by atoms with Crippen LogP contribution in [0.2, 0.25) is 0 Å². The van der Waals surface area contributed by atoms with E-state index in [2.05, 4.69) is 32.9 Å². The zero-order valence-corrected chi connectivity index (χ0v) is 9.70. The van der Waals surface area contributed by atoms with Crippen LogP contribution in [0.5, 0.6) is 0 Å². The van der Waals surface area contributed by atoms with Crippen LogP contribution in [-0.2, 0) is 4.79 Å². The van der Waals surface area contributed by atoms with E-state index in [1.54, 1.807) is 13.1 Å². The lowest BCUT2D eigenvalue weighted by molar-refractivity contribution is -0.117. The average Bonchev–Trinajstić information content (AvgIpc) is 2.08. The molecule has 13 heavy (non-hydrogen) atoms. The van der Waals surface area contributed by atoms with E-state index >= 15 is 0 Å². The number of anilines is 1. The molecule has 3 nitrogen and oxygen atoms in total. The Morgan fingerprint density at radius 3 is 2.77 bits per heavy atom. The minimum absolute atomic E-state index is 0.111. The molecule has 1 N–H and O–H groups in total. The fourth-order valence-corrected chi connectivity index (χ4v) is 1.10. The molecule has 1 aromatic rings. The van der Waals surface area contributed by atoms with Gasteiger partial charge in [0.25, 0.3) is 0 Å². The lowest BCUT2D eigenvalue weighted by Gasteiger charge is -2.10. The van der Waals surface area contributed by atoms with Crippen molar-refractivity contribution >= 4 is 34.2 Å². The number of Topliss-reactive ketones (excluding diaryl/α,β-unsaturated/α-hetero) is 1. The highest BCUT2D eigenvalue weighted by Gasteiger charge is 2.06. The van der Waals surface area contributed by atoms with E-state index in [-0.39, 0.29) is 11.8 Å². The Kier molecular flexibility index (Phi) is 3.65. The van der Waals surface area contributed by atoms with Gasteiger partial charge in [-0.05, 0) is 48.6 Å². The predicted octanol–water partition coefficient (Wildman–Crippen LogP) is 2.08. The van der Waals surface area contributed by atoms with Crippen LogP contribution in [0.4, 0.5) is 5.82 Å². The fraction of sp³-hybridized carbons (Fsp3) is 0.333. The first kappa shape index (κ1) is 10.4. The van der Waals surface area contributed by atoms with Crippen molar-refractivity contribution in [2.24, 2.45) is 0 Å². The van der Waals surface area contributed by atoms with Crippen LogP contribution in [0.15, 0.2) is 18.3 Å². The van der Waals surface area contributed by atoms with Crippen molar-refractivity contribution in [2.45, 2.75) is 19.9 Å². The maximum atomic E-state index is 10.9. The molecule has 1 aromatic heterocycles. The number of halogens is 1. The molecule has 1 heterocycles. The third kappa shape index (κ3) is 3.30. The summed E-state index contributed by atoms with van der Waals surface area (Å²) in [6, 6.07) is 3.64. The van der Waals surface area contributed by atoms with E-state index < -0.39 is 0 Å². The van der Waals surface area contributed by atoms with Crippen LogP contribution < -0.4 is 5.32 Å². The highest BCUT2D eigenvalue weighted by Crippen LogP contribution is 2.08. The molecule has 0 amide bonds. The number of hydrogen-bond acceptors (Lipinski definition) is 3. The number of rotatable bonds is 3. The number of carbonyl (C=O) groups is 1. The number of ketones is 1. The van der Waals surface area contributed by atoms with Crippen molar-refractivity contribution in [2.75, 3.05) is 5.32 Å².